The van der Waals surface area contributed by atoms with Crippen LogP contribution in [0.5, 0.6) is 11.5 Å². The predicted octanol–water partition coefficient (Wildman–Crippen LogP) is 6.42. The number of rotatable bonds is 9. The smallest absolute Gasteiger partial charge is 0.310 e. The topological polar surface area (TPSA) is 123 Å². The summed E-state index contributed by atoms with van der Waals surface area (Å²) in [5.41, 5.74) is -0.139. The number of piperidine rings is 1. The van der Waals surface area contributed by atoms with Gasteiger partial charge in [-0.25, -0.2) is 18.7 Å². The van der Waals surface area contributed by atoms with Gasteiger partial charge in [-0.3, -0.25) is 14.4 Å². The minimum Gasteiger partial charge on any atom is -0.497 e. The van der Waals surface area contributed by atoms with Crippen LogP contribution in [-0.2, 0) is 32.8 Å². The van der Waals surface area contributed by atoms with Gasteiger partial charge < -0.3 is 29.3 Å². The second-order valence-electron chi connectivity index (χ2n) is 14.2. The molecule has 2 aliphatic heterocycles. The predicted molar refractivity (Wildman–Crippen MR) is 189 cm³/mol. The van der Waals surface area contributed by atoms with E-state index < -0.39 is 46.0 Å². The number of esters is 1. The SMILES string of the molecule is COc1ccc(CN2Cc3nc(-c4c(F)cccc4F)nc(Nc4ccc(C5(C)C(=O)N(C)CCC5C(=O)OC(C)(C)C)cc4)c3C2=O)c(OC)c1. The van der Waals surface area contributed by atoms with Crippen LogP contribution in [0, 0.1) is 17.6 Å². The third kappa shape index (κ3) is 6.74. The van der Waals surface area contributed by atoms with E-state index in [1.807, 2.05) is 0 Å². The number of carbonyl (C=O) groups excluding carboxylic acids is 3. The molecule has 0 bridgehead atoms. The molecule has 0 spiro atoms. The number of likely N-dealkylation sites (N-methyl/N-ethyl adjacent to an activating group) is 1. The fraction of sp³-hybridized carbons (Fsp3) is 0.359. The number of ether oxygens (including phenoxy) is 3. The van der Waals surface area contributed by atoms with Crippen molar-refractivity contribution >= 4 is 29.3 Å². The van der Waals surface area contributed by atoms with E-state index in [2.05, 4.69) is 15.3 Å². The average Bonchev–Trinajstić information content (AvgIpc) is 3.41. The summed E-state index contributed by atoms with van der Waals surface area (Å²) in [6.45, 7) is 7.72. The number of benzene rings is 3. The van der Waals surface area contributed by atoms with Crippen LogP contribution in [0.25, 0.3) is 11.4 Å². The molecule has 272 valence electrons. The minimum atomic E-state index is -1.21. The number of aromatic nitrogens is 2. The van der Waals surface area contributed by atoms with Gasteiger partial charge in [-0.15, -0.1) is 0 Å². The number of hydrogen-bond donors (Lipinski definition) is 1. The number of nitrogens with zero attached hydrogens (tertiary/aromatic N) is 4. The quantitative estimate of drug-likeness (QED) is 0.196. The Balaban J connectivity index is 1.36. The first kappa shape index (κ1) is 36.2. The molecule has 0 aliphatic carbocycles. The first-order valence-corrected chi connectivity index (χ1v) is 16.9. The van der Waals surface area contributed by atoms with Gasteiger partial charge in [0.15, 0.2) is 5.82 Å². The van der Waals surface area contributed by atoms with Gasteiger partial charge in [-0.1, -0.05) is 18.2 Å². The van der Waals surface area contributed by atoms with Crippen LogP contribution in [0.2, 0.25) is 0 Å². The van der Waals surface area contributed by atoms with Gasteiger partial charge in [0.25, 0.3) is 5.91 Å². The van der Waals surface area contributed by atoms with Crippen molar-refractivity contribution in [2.24, 2.45) is 5.92 Å². The molecule has 1 aromatic heterocycles. The highest BCUT2D eigenvalue weighted by Gasteiger charge is 2.52. The molecular formula is C39H41F2N5O6. The molecular weight excluding hydrogens is 672 g/mol. The fourth-order valence-corrected chi connectivity index (χ4v) is 6.83. The molecule has 11 nitrogen and oxygen atoms in total. The summed E-state index contributed by atoms with van der Waals surface area (Å²) in [6.07, 6.45) is 0.428. The molecule has 2 atom stereocenters. The highest BCUT2D eigenvalue weighted by atomic mass is 19.1. The molecule has 3 aromatic carbocycles. The maximum atomic E-state index is 15.0. The van der Waals surface area contributed by atoms with E-state index in [4.69, 9.17) is 14.2 Å². The Labute approximate surface area is 300 Å². The van der Waals surface area contributed by atoms with Gasteiger partial charge in [-0.05, 0) is 76.1 Å². The Kier molecular flexibility index (Phi) is 9.65. The summed E-state index contributed by atoms with van der Waals surface area (Å²) in [5.74, 6) is -2.54. The zero-order chi connectivity index (χ0) is 37.5. The van der Waals surface area contributed by atoms with Gasteiger partial charge >= 0.3 is 5.97 Å². The van der Waals surface area contributed by atoms with E-state index in [1.165, 1.54) is 13.2 Å². The standard InChI is InChI=1S/C39H41F2N5O6/c1-38(2,3)52-36(48)26-17-18-45(5)37(49)39(26,4)23-12-14-24(15-13-23)42-34-32-29(43-33(44-34)31-27(40)9-8-10-28(31)41)21-46(35(32)47)20-22-11-16-25(50-6)19-30(22)51-7/h8-16,19,26H,17-18,20-21H2,1-7H3,(H,42,43,44). The van der Waals surface area contributed by atoms with Crippen LogP contribution >= 0.6 is 0 Å². The van der Waals surface area contributed by atoms with Crippen molar-refractivity contribution < 1.29 is 37.4 Å². The van der Waals surface area contributed by atoms with E-state index >= 15 is 8.78 Å². The first-order chi connectivity index (χ1) is 24.6. The molecule has 2 aliphatic rings. The average molecular weight is 714 g/mol. The van der Waals surface area contributed by atoms with Crippen LogP contribution in [0.1, 0.15) is 61.3 Å². The molecule has 52 heavy (non-hydrogen) atoms. The number of hydrogen-bond acceptors (Lipinski definition) is 9. The van der Waals surface area contributed by atoms with Gasteiger partial charge in [0, 0.05) is 30.9 Å². The van der Waals surface area contributed by atoms with Crippen molar-refractivity contribution in [2.75, 3.05) is 33.1 Å². The van der Waals surface area contributed by atoms with Crippen LogP contribution < -0.4 is 14.8 Å². The summed E-state index contributed by atoms with van der Waals surface area (Å²) in [5, 5.41) is 3.16. The summed E-state index contributed by atoms with van der Waals surface area (Å²) in [6, 6.07) is 15.6. The molecule has 4 aromatic rings. The number of halogens is 2. The Morgan fingerprint density at radius 1 is 0.981 bits per heavy atom. The van der Waals surface area contributed by atoms with E-state index in [0.29, 0.717) is 41.3 Å². The van der Waals surface area contributed by atoms with Crippen molar-refractivity contribution in [3.05, 3.63) is 94.7 Å². The first-order valence-electron chi connectivity index (χ1n) is 16.9. The molecule has 2 unspecified atom stereocenters. The zero-order valence-electron chi connectivity index (χ0n) is 30.2. The molecule has 1 saturated heterocycles. The van der Waals surface area contributed by atoms with Crippen molar-refractivity contribution in [3.8, 4) is 22.9 Å². The van der Waals surface area contributed by atoms with Gasteiger partial charge in [-0.2, -0.15) is 0 Å². The number of likely N-dealkylation sites (tertiary alicyclic amines) is 1. The maximum absolute atomic E-state index is 15.0. The molecule has 1 N–H and O–H groups in total. The van der Waals surface area contributed by atoms with E-state index in [1.54, 1.807) is 94.1 Å². The number of fused-ring (bicyclic) bond motifs is 1. The highest BCUT2D eigenvalue weighted by Crippen LogP contribution is 2.42. The van der Waals surface area contributed by atoms with Crippen molar-refractivity contribution in [3.63, 3.8) is 0 Å². The highest BCUT2D eigenvalue weighted by molar-refractivity contribution is 6.03. The van der Waals surface area contributed by atoms with Crippen LogP contribution in [0.15, 0.2) is 60.7 Å². The number of amides is 2. The lowest BCUT2D eigenvalue weighted by Crippen LogP contribution is -2.56. The van der Waals surface area contributed by atoms with Gasteiger partial charge in [0.05, 0.1) is 49.9 Å². The largest absolute Gasteiger partial charge is 0.497 e. The van der Waals surface area contributed by atoms with Gasteiger partial charge in [0.2, 0.25) is 5.91 Å². The number of anilines is 2. The van der Waals surface area contributed by atoms with Gasteiger partial charge in [0.1, 0.15) is 40.1 Å². The Morgan fingerprint density at radius 2 is 1.67 bits per heavy atom. The number of carbonyl (C=O) groups is 3. The molecule has 0 radical (unpaired) electrons. The minimum absolute atomic E-state index is 0.0442. The molecule has 3 heterocycles. The van der Waals surface area contributed by atoms with Crippen molar-refractivity contribution in [2.45, 2.75) is 58.2 Å². The summed E-state index contributed by atoms with van der Waals surface area (Å²) in [7, 11) is 4.77. The van der Waals surface area contributed by atoms with Crippen LogP contribution in [-0.4, -0.2) is 71.0 Å². The molecule has 1 fully saturated rings. The lowest BCUT2D eigenvalue weighted by Gasteiger charge is -2.43. The second-order valence-corrected chi connectivity index (χ2v) is 14.2. The van der Waals surface area contributed by atoms with E-state index in [9.17, 15) is 14.4 Å². The summed E-state index contributed by atoms with van der Waals surface area (Å²) in [4.78, 5) is 53.2. The maximum Gasteiger partial charge on any atom is 0.310 e. The van der Waals surface area contributed by atoms with Crippen LogP contribution in [0.4, 0.5) is 20.3 Å². The third-order valence-corrected chi connectivity index (χ3v) is 9.55. The molecule has 13 heteroatoms. The molecule has 6 rings (SSSR count). The van der Waals surface area contributed by atoms with E-state index in [0.717, 1.165) is 12.1 Å². The normalized spacial score (nSPS) is 18.7. The van der Waals surface area contributed by atoms with Crippen LogP contribution in [0.3, 0.4) is 0 Å². The lowest BCUT2D eigenvalue weighted by atomic mass is 9.67. The van der Waals surface area contributed by atoms with E-state index in [-0.39, 0.29) is 41.9 Å². The third-order valence-electron chi connectivity index (χ3n) is 9.55. The monoisotopic (exact) mass is 713 g/mol. The Hall–Kier alpha value is -5.59. The van der Waals surface area contributed by atoms with Crippen molar-refractivity contribution in [1.29, 1.82) is 0 Å². The summed E-state index contributed by atoms with van der Waals surface area (Å²) < 4.78 is 46.6. The zero-order valence-corrected chi connectivity index (χ0v) is 30.2. The lowest BCUT2D eigenvalue weighted by molar-refractivity contribution is -0.169. The Morgan fingerprint density at radius 3 is 2.31 bits per heavy atom. The Bertz CT molecular complexity index is 2030. The number of nitrogens with one attached hydrogen (secondary N) is 1. The van der Waals surface area contributed by atoms with Crippen molar-refractivity contribution in [1.82, 2.24) is 19.8 Å². The molecule has 0 saturated carbocycles. The summed E-state index contributed by atoms with van der Waals surface area (Å²) >= 11 is 0. The second kappa shape index (κ2) is 13.9. The molecule has 2 amide bonds. The fourth-order valence-electron chi connectivity index (χ4n) is 6.83. The number of methoxy groups -OCH3 is 2.